The van der Waals surface area contributed by atoms with Crippen LogP contribution in [0.25, 0.3) is 0 Å². The Hall–Kier alpha value is -0.820. The number of halogens is 3. The van der Waals surface area contributed by atoms with Gasteiger partial charge in [0, 0.05) is 26.2 Å². The van der Waals surface area contributed by atoms with Crippen LogP contribution >= 0.6 is 0 Å². The molecular formula is C11H21F3N2O2. The van der Waals surface area contributed by atoms with Crippen LogP contribution in [0.4, 0.5) is 13.2 Å². The van der Waals surface area contributed by atoms with E-state index in [9.17, 15) is 13.2 Å². The highest BCUT2D eigenvalue weighted by Gasteiger charge is 2.38. The molecule has 2 N–H and O–H groups in total. The standard InChI is InChI=1S/C9H20N2.C2HF3O2/c1-9(2)3-6-11-7-4-10-5-8-11;3-2(4,5)1(6)7/h9-10H,3-8H2,1-2H3;(H,6,7). The first-order chi connectivity index (χ1) is 8.23. The summed E-state index contributed by atoms with van der Waals surface area (Å²) < 4.78 is 31.7. The topological polar surface area (TPSA) is 52.6 Å². The predicted molar refractivity (Wildman–Crippen MR) is 62.5 cm³/mol. The number of rotatable bonds is 3. The van der Waals surface area contributed by atoms with Crippen LogP contribution in [0.5, 0.6) is 0 Å². The van der Waals surface area contributed by atoms with Gasteiger partial charge in [-0.3, -0.25) is 0 Å². The average Bonchev–Trinajstić information content (AvgIpc) is 2.27. The van der Waals surface area contributed by atoms with E-state index in [1.807, 2.05) is 0 Å². The molecule has 0 radical (unpaired) electrons. The fourth-order valence-corrected chi connectivity index (χ4v) is 1.38. The summed E-state index contributed by atoms with van der Waals surface area (Å²) in [6.07, 6.45) is -3.74. The van der Waals surface area contributed by atoms with E-state index in [1.165, 1.54) is 39.1 Å². The van der Waals surface area contributed by atoms with Gasteiger partial charge in [0.25, 0.3) is 0 Å². The van der Waals surface area contributed by atoms with Gasteiger partial charge in [0.05, 0.1) is 0 Å². The van der Waals surface area contributed by atoms with Crippen LogP contribution in [-0.4, -0.2) is 54.9 Å². The van der Waals surface area contributed by atoms with Gasteiger partial charge in [-0.05, 0) is 18.9 Å². The predicted octanol–water partition coefficient (Wildman–Crippen LogP) is 1.57. The highest BCUT2D eigenvalue weighted by molar-refractivity contribution is 5.73. The zero-order valence-electron chi connectivity index (χ0n) is 10.8. The number of carbonyl (C=O) groups is 1. The highest BCUT2D eigenvalue weighted by atomic mass is 19.4. The summed E-state index contributed by atoms with van der Waals surface area (Å²) in [7, 11) is 0. The fraction of sp³-hybridized carbons (Fsp3) is 0.909. The zero-order chi connectivity index (χ0) is 14.2. The van der Waals surface area contributed by atoms with Crippen molar-refractivity contribution in [2.45, 2.75) is 26.4 Å². The molecular weight excluding hydrogens is 249 g/mol. The number of carboxylic acids is 1. The molecule has 108 valence electrons. The molecule has 1 saturated heterocycles. The summed E-state index contributed by atoms with van der Waals surface area (Å²) in [5.74, 6) is -1.91. The van der Waals surface area contributed by atoms with Crippen molar-refractivity contribution in [1.82, 2.24) is 10.2 Å². The Morgan fingerprint density at radius 3 is 2.11 bits per heavy atom. The number of piperazine rings is 1. The molecule has 0 aromatic carbocycles. The first-order valence-corrected chi connectivity index (χ1v) is 5.96. The van der Waals surface area contributed by atoms with Gasteiger partial charge in [0.1, 0.15) is 0 Å². The van der Waals surface area contributed by atoms with Crippen LogP contribution in [0.1, 0.15) is 20.3 Å². The van der Waals surface area contributed by atoms with Gasteiger partial charge in [0.15, 0.2) is 0 Å². The molecule has 4 nitrogen and oxygen atoms in total. The third kappa shape index (κ3) is 9.23. The minimum atomic E-state index is -5.08. The van der Waals surface area contributed by atoms with E-state index in [-0.39, 0.29) is 0 Å². The van der Waals surface area contributed by atoms with Crippen LogP contribution in [0, 0.1) is 5.92 Å². The van der Waals surface area contributed by atoms with Gasteiger partial charge in [-0.15, -0.1) is 0 Å². The SMILES string of the molecule is CC(C)CCN1CCNCC1.O=C(O)C(F)(F)F. The smallest absolute Gasteiger partial charge is 0.475 e. The van der Waals surface area contributed by atoms with Crippen molar-refractivity contribution in [2.75, 3.05) is 32.7 Å². The Morgan fingerprint density at radius 2 is 1.78 bits per heavy atom. The van der Waals surface area contributed by atoms with Gasteiger partial charge < -0.3 is 15.3 Å². The molecule has 0 spiro atoms. The zero-order valence-corrected chi connectivity index (χ0v) is 10.8. The maximum atomic E-state index is 10.6. The Kier molecular flexibility index (Phi) is 7.93. The molecule has 1 rings (SSSR count). The molecule has 1 heterocycles. The Morgan fingerprint density at radius 1 is 1.33 bits per heavy atom. The highest BCUT2D eigenvalue weighted by Crippen LogP contribution is 2.13. The van der Waals surface area contributed by atoms with Gasteiger partial charge in [-0.1, -0.05) is 13.8 Å². The fourth-order valence-electron chi connectivity index (χ4n) is 1.38. The maximum Gasteiger partial charge on any atom is 0.490 e. The number of hydrogen-bond acceptors (Lipinski definition) is 3. The molecule has 0 amide bonds. The molecule has 1 fully saturated rings. The lowest BCUT2D eigenvalue weighted by Gasteiger charge is -2.27. The average molecular weight is 270 g/mol. The van der Waals surface area contributed by atoms with E-state index in [4.69, 9.17) is 9.90 Å². The number of aliphatic carboxylic acids is 1. The van der Waals surface area contributed by atoms with E-state index in [1.54, 1.807) is 0 Å². The van der Waals surface area contributed by atoms with E-state index in [0.717, 1.165) is 5.92 Å². The van der Waals surface area contributed by atoms with Crippen LogP contribution in [-0.2, 0) is 4.79 Å². The molecule has 0 unspecified atom stereocenters. The van der Waals surface area contributed by atoms with E-state index in [0.29, 0.717) is 0 Å². The largest absolute Gasteiger partial charge is 0.490 e. The second-order valence-corrected chi connectivity index (χ2v) is 4.58. The van der Waals surface area contributed by atoms with Crippen LogP contribution in [0.3, 0.4) is 0 Å². The molecule has 18 heavy (non-hydrogen) atoms. The molecule has 0 aromatic rings. The van der Waals surface area contributed by atoms with Crippen molar-refractivity contribution in [2.24, 2.45) is 5.92 Å². The summed E-state index contributed by atoms with van der Waals surface area (Å²) in [6.45, 7) is 10.7. The van der Waals surface area contributed by atoms with Crippen molar-refractivity contribution >= 4 is 5.97 Å². The summed E-state index contributed by atoms with van der Waals surface area (Å²) in [6, 6.07) is 0. The summed E-state index contributed by atoms with van der Waals surface area (Å²) in [5, 5.41) is 10.5. The summed E-state index contributed by atoms with van der Waals surface area (Å²) in [4.78, 5) is 11.4. The quantitative estimate of drug-likeness (QED) is 0.817. The van der Waals surface area contributed by atoms with Gasteiger partial charge in [0.2, 0.25) is 0 Å². The third-order valence-electron chi connectivity index (χ3n) is 2.47. The van der Waals surface area contributed by atoms with E-state index in [2.05, 4.69) is 24.1 Å². The Balaban J connectivity index is 0.000000360. The van der Waals surface area contributed by atoms with Crippen molar-refractivity contribution in [3.63, 3.8) is 0 Å². The first kappa shape index (κ1) is 17.2. The second kappa shape index (κ2) is 8.31. The lowest BCUT2D eigenvalue weighted by atomic mass is 10.1. The van der Waals surface area contributed by atoms with Crippen molar-refractivity contribution in [3.8, 4) is 0 Å². The van der Waals surface area contributed by atoms with Crippen LogP contribution in [0.2, 0.25) is 0 Å². The third-order valence-corrected chi connectivity index (χ3v) is 2.47. The van der Waals surface area contributed by atoms with Gasteiger partial charge in [-0.25, -0.2) is 4.79 Å². The maximum absolute atomic E-state index is 10.6. The van der Waals surface area contributed by atoms with Crippen LogP contribution < -0.4 is 5.32 Å². The van der Waals surface area contributed by atoms with Gasteiger partial charge in [-0.2, -0.15) is 13.2 Å². The molecule has 1 aliphatic rings. The molecule has 0 bridgehead atoms. The summed E-state index contributed by atoms with van der Waals surface area (Å²) in [5.41, 5.74) is 0. The number of hydrogen-bond donors (Lipinski definition) is 2. The van der Waals surface area contributed by atoms with Crippen molar-refractivity contribution in [1.29, 1.82) is 0 Å². The lowest BCUT2D eigenvalue weighted by molar-refractivity contribution is -0.192. The molecule has 1 aliphatic heterocycles. The number of nitrogens with zero attached hydrogens (tertiary/aromatic N) is 1. The molecule has 0 aromatic heterocycles. The second-order valence-electron chi connectivity index (χ2n) is 4.58. The molecule has 0 aliphatic carbocycles. The molecule has 7 heteroatoms. The van der Waals surface area contributed by atoms with E-state index < -0.39 is 12.1 Å². The normalized spacial score (nSPS) is 17.2. The Labute approximate surface area is 105 Å². The van der Waals surface area contributed by atoms with Crippen LogP contribution in [0.15, 0.2) is 0 Å². The number of carboxylic acid groups (broad SMARTS) is 1. The van der Waals surface area contributed by atoms with E-state index >= 15 is 0 Å². The molecule has 0 atom stereocenters. The first-order valence-electron chi connectivity index (χ1n) is 5.96. The molecule has 0 saturated carbocycles. The minimum absolute atomic E-state index is 0.852. The monoisotopic (exact) mass is 270 g/mol. The Bertz CT molecular complexity index is 239. The lowest BCUT2D eigenvalue weighted by Crippen LogP contribution is -2.43. The minimum Gasteiger partial charge on any atom is -0.475 e. The summed E-state index contributed by atoms with van der Waals surface area (Å²) >= 11 is 0. The number of alkyl halides is 3. The number of nitrogens with one attached hydrogen (secondary N) is 1. The van der Waals surface area contributed by atoms with Crippen molar-refractivity contribution < 1.29 is 23.1 Å². The van der Waals surface area contributed by atoms with Gasteiger partial charge >= 0.3 is 12.1 Å². The van der Waals surface area contributed by atoms with Crippen molar-refractivity contribution in [3.05, 3.63) is 0 Å².